The molecule has 0 bridgehead atoms. The van der Waals surface area contributed by atoms with E-state index < -0.39 is 0 Å². The van der Waals surface area contributed by atoms with E-state index in [2.05, 4.69) is 28.4 Å². The summed E-state index contributed by atoms with van der Waals surface area (Å²) < 4.78 is 0. The minimum absolute atomic E-state index is 0.00587. The molecule has 0 saturated heterocycles. The van der Waals surface area contributed by atoms with Gasteiger partial charge in [0.2, 0.25) is 0 Å². The molecule has 0 saturated carbocycles. The van der Waals surface area contributed by atoms with Gasteiger partial charge in [-0.1, -0.05) is 67.1 Å². The van der Waals surface area contributed by atoms with Crippen LogP contribution in [0.15, 0.2) is 82.1 Å². The Morgan fingerprint density at radius 3 is 2.61 bits per heavy atom. The van der Waals surface area contributed by atoms with Crippen LogP contribution >= 0.6 is 11.6 Å². The predicted octanol–water partition coefficient (Wildman–Crippen LogP) is 6.76. The number of aryl methyl sites for hydroxylation is 1. The minimum atomic E-state index is -0.137. The first-order chi connectivity index (χ1) is 16.1. The Morgan fingerprint density at radius 2 is 1.91 bits per heavy atom. The molecule has 1 amide bonds. The van der Waals surface area contributed by atoms with Gasteiger partial charge in [-0.3, -0.25) is 14.7 Å². The van der Waals surface area contributed by atoms with Crippen molar-refractivity contribution in [2.75, 3.05) is 18.0 Å². The Balaban J connectivity index is 0.00000149. The van der Waals surface area contributed by atoms with Crippen molar-refractivity contribution in [3.05, 3.63) is 98.6 Å². The molecular weight excluding hydrogens is 434 g/mol. The summed E-state index contributed by atoms with van der Waals surface area (Å²) in [5, 5.41) is 3.62. The van der Waals surface area contributed by atoms with Crippen molar-refractivity contribution in [1.29, 1.82) is 0 Å². The van der Waals surface area contributed by atoms with E-state index >= 15 is 0 Å². The molecule has 1 aliphatic heterocycles. The van der Waals surface area contributed by atoms with Crippen LogP contribution in [0.2, 0.25) is 5.02 Å². The number of rotatable bonds is 4. The molecule has 2 aromatic carbocycles. The van der Waals surface area contributed by atoms with Crippen molar-refractivity contribution in [3.63, 3.8) is 0 Å². The predicted molar refractivity (Wildman–Crippen MR) is 138 cm³/mol. The van der Waals surface area contributed by atoms with Crippen LogP contribution in [-0.4, -0.2) is 24.7 Å². The van der Waals surface area contributed by atoms with Crippen LogP contribution in [0.25, 0.3) is 6.08 Å². The second-order valence-electron chi connectivity index (χ2n) is 7.33. The molecule has 1 aliphatic carbocycles. The van der Waals surface area contributed by atoms with Crippen LogP contribution in [0.5, 0.6) is 0 Å². The zero-order valence-electron chi connectivity index (χ0n) is 19.2. The van der Waals surface area contributed by atoms with Gasteiger partial charge in [0, 0.05) is 21.8 Å². The number of amides is 1. The molecule has 0 aromatic heterocycles. The van der Waals surface area contributed by atoms with Crippen LogP contribution < -0.4 is 4.90 Å². The van der Waals surface area contributed by atoms with Gasteiger partial charge in [0.15, 0.2) is 0 Å². The summed E-state index contributed by atoms with van der Waals surface area (Å²) in [6, 6.07) is 13.4. The summed E-state index contributed by atoms with van der Waals surface area (Å²) in [5.41, 5.74) is 6.01. The third-order valence-electron chi connectivity index (χ3n) is 5.42. The number of fused-ring (bicyclic) bond motifs is 1. The third kappa shape index (κ3) is 5.37. The maximum atomic E-state index is 13.2. The number of hydrogen-bond donors (Lipinski definition) is 0. The number of aliphatic imine (C=N–C) groups is 1. The lowest BCUT2D eigenvalue weighted by Gasteiger charge is -2.26. The minimum Gasteiger partial charge on any atom is -0.279 e. The smallest absolute Gasteiger partial charge is 0.253 e. The number of allylic oxidation sites excluding steroid dienone is 3. The molecule has 170 valence electrons. The van der Waals surface area contributed by atoms with Crippen molar-refractivity contribution >= 4 is 35.0 Å². The number of benzene rings is 2. The molecule has 4 rings (SSSR count). The van der Waals surface area contributed by atoms with E-state index in [9.17, 15) is 9.70 Å². The van der Waals surface area contributed by atoms with E-state index in [1.807, 2.05) is 51.1 Å². The maximum Gasteiger partial charge on any atom is 0.253 e. The summed E-state index contributed by atoms with van der Waals surface area (Å²) in [5.74, 6) is -0.137. The van der Waals surface area contributed by atoms with Gasteiger partial charge in [0.25, 0.3) is 5.91 Å². The highest BCUT2D eigenvalue weighted by Crippen LogP contribution is 2.32. The SMILES string of the molecule is C/C=C1\C(=C/CN=O)C(c2ccc(Cl)cc2)=NCC(=O)N1c1ccc2c(c1)C=CCC2.CC. The van der Waals surface area contributed by atoms with Gasteiger partial charge in [-0.05, 0) is 61.2 Å². The molecular formula is C27H28ClN3O2. The van der Waals surface area contributed by atoms with E-state index in [1.54, 1.807) is 23.1 Å². The molecule has 0 spiro atoms. The molecule has 0 N–H and O–H groups in total. The summed E-state index contributed by atoms with van der Waals surface area (Å²) >= 11 is 6.05. The quantitative estimate of drug-likeness (QED) is 0.472. The average molecular weight is 462 g/mol. The molecule has 0 atom stereocenters. The summed E-state index contributed by atoms with van der Waals surface area (Å²) in [7, 11) is 0. The fraction of sp³-hybridized carbons (Fsp3) is 0.259. The lowest BCUT2D eigenvalue weighted by Crippen LogP contribution is -2.32. The summed E-state index contributed by atoms with van der Waals surface area (Å²) in [4.78, 5) is 30.5. The monoisotopic (exact) mass is 461 g/mol. The lowest BCUT2D eigenvalue weighted by atomic mass is 9.95. The Hall–Kier alpha value is -3.31. The summed E-state index contributed by atoms with van der Waals surface area (Å²) in [6.45, 7) is 5.85. The van der Waals surface area contributed by atoms with Gasteiger partial charge in [0.1, 0.15) is 13.1 Å². The highest BCUT2D eigenvalue weighted by molar-refractivity contribution is 6.30. The number of nitrogens with zero attached hydrogens (tertiary/aromatic N) is 3. The molecule has 1 heterocycles. The first kappa shape index (κ1) is 24.3. The van der Waals surface area contributed by atoms with Crippen LogP contribution in [-0.2, 0) is 11.2 Å². The van der Waals surface area contributed by atoms with Crippen molar-refractivity contribution in [2.24, 2.45) is 10.2 Å². The number of carbonyl (C=O) groups is 1. The Labute approximate surface area is 200 Å². The average Bonchev–Trinajstić information content (AvgIpc) is 3.00. The number of hydrogen-bond acceptors (Lipinski definition) is 4. The van der Waals surface area contributed by atoms with E-state index in [0.29, 0.717) is 22.0 Å². The van der Waals surface area contributed by atoms with Gasteiger partial charge in [-0.2, -0.15) is 4.91 Å². The van der Waals surface area contributed by atoms with Crippen LogP contribution in [0.1, 0.15) is 43.9 Å². The van der Waals surface area contributed by atoms with E-state index in [4.69, 9.17) is 11.6 Å². The fourth-order valence-corrected chi connectivity index (χ4v) is 4.11. The topological polar surface area (TPSA) is 62.1 Å². The Morgan fingerprint density at radius 1 is 1.15 bits per heavy atom. The number of carbonyl (C=O) groups excluding carboxylic acids is 1. The second-order valence-corrected chi connectivity index (χ2v) is 7.76. The van der Waals surface area contributed by atoms with Crippen LogP contribution in [0.3, 0.4) is 0 Å². The van der Waals surface area contributed by atoms with Gasteiger partial charge in [0.05, 0.1) is 11.4 Å². The number of anilines is 1. The zero-order valence-corrected chi connectivity index (χ0v) is 20.0. The molecule has 0 fully saturated rings. The lowest BCUT2D eigenvalue weighted by molar-refractivity contribution is -0.116. The fourth-order valence-electron chi connectivity index (χ4n) is 3.98. The second kappa shape index (κ2) is 11.5. The largest absolute Gasteiger partial charge is 0.279 e. The van der Waals surface area contributed by atoms with E-state index in [-0.39, 0.29) is 19.0 Å². The Kier molecular flexibility index (Phi) is 8.50. The van der Waals surface area contributed by atoms with Gasteiger partial charge in [-0.15, -0.1) is 0 Å². The molecule has 6 heteroatoms. The molecule has 5 nitrogen and oxygen atoms in total. The Bertz CT molecular complexity index is 1140. The normalized spacial score (nSPS) is 17.8. The molecule has 2 aromatic rings. The zero-order chi connectivity index (χ0) is 23.8. The molecule has 33 heavy (non-hydrogen) atoms. The van der Waals surface area contributed by atoms with Crippen molar-refractivity contribution in [2.45, 2.75) is 33.6 Å². The van der Waals surface area contributed by atoms with E-state index in [0.717, 1.165) is 29.7 Å². The van der Waals surface area contributed by atoms with Gasteiger partial charge < -0.3 is 0 Å². The molecule has 0 unspecified atom stereocenters. The standard InChI is InChI=1S/C25H22ClN3O2.C2H6/c1-2-23-22(13-14-28-31)25(18-7-10-20(26)11-8-18)27-16-24(30)29(23)21-12-9-17-5-3-4-6-19(17)15-21;1-2/h2,4,6-13,15H,3,5,14,16H2,1H3;1-2H3/b22-13+,23-2+;. The molecule has 2 aliphatic rings. The molecule has 0 radical (unpaired) electrons. The van der Waals surface area contributed by atoms with Crippen molar-refractivity contribution < 1.29 is 4.79 Å². The summed E-state index contributed by atoms with van der Waals surface area (Å²) in [6.07, 6.45) is 9.87. The highest BCUT2D eigenvalue weighted by atomic mass is 35.5. The van der Waals surface area contributed by atoms with Crippen molar-refractivity contribution in [1.82, 2.24) is 0 Å². The first-order valence-corrected chi connectivity index (χ1v) is 11.6. The highest BCUT2D eigenvalue weighted by Gasteiger charge is 2.29. The maximum absolute atomic E-state index is 13.2. The van der Waals surface area contributed by atoms with Crippen LogP contribution in [0, 0.1) is 4.91 Å². The first-order valence-electron chi connectivity index (χ1n) is 11.2. The van der Waals surface area contributed by atoms with Gasteiger partial charge in [-0.25, -0.2) is 0 Å². The number of nitroso groups, excluding NO2 is 1. The van der Waals surface area contributed by atoms with Gasteiger partial charge >= 0.3 is 0 Å². The van der Waals surface area contributed by atoms with Crippen molar-refractivity contribution in [3.8, 4) is 0 Å². The van der Waals surface area contributed by atoms with E-state index in [1.165, 1.54) is 5.56 Å². The third-order valence-corrected chi connectivity index (χ3v) is 5.67. The van der Waals surface area contributed by atoms with Crippen LogP contribution in [0.4, 0.5) is 5.69 Å². The number of halogens is 1.